The molecular weight excluding hydrogens is 535 g/mol. The Labute approximate surface area is 216 Å². The van der Waals surface area contributed by atoms with Gasteiger partial charge in [-0.05, 0) is 0 Å². The molecule has 0 spiro atoms. The number of carboxylic acids is 4. The fourth-order valence-corrected chi connectivity index (χ4v) is 1.99. The van der Waals surface area contributed by atoms with Gasteiger partial charge in [-0.1, -0.05) is 105 Å². The van der Waals surface area contributed by atoms with Crippen LogP contribution in [0.4, 0.5) is 0 Å². The number of hydrogen-bond acceptors (Lipinski definition) is 4. The molecule has 0 unspecified atom stereocenters. The normalized spacial score (nSPS) is 9.33. The molecule has 0 saturated heterocycles. The summed E-state index contributed by atoms with van der Waals surface area (Å²) in [7, 11) is 0. The Hall–Kier alpha value is -1.84. The van der Waals surface area contributed by atoms with Gasteiger partial charge in [-0.25, -0.2) is 19.2 Å². The zero-order valence-electron chi connectivity index (χ0n) is 20.7. The zero-order valence-corrected chi connectivity index (χ0v) is 23.6. The van der Waals surface area contributed by atoms with Crippen molar-refractivity contribution in [3.05, 3.63) is 24.3 Å². The van der Waals surface area contributed by atoms with Crippen LogP contribution in [0, 0.1) is 0 Å². The van der Waals surface area contributed by atoms with Crippen molar-refractivity contribution >= 4 is 47.8 Å². The minimum atomic E-state index is -1.26. The summed E-state index contributed by atoms with van der Waals surface area (Å²) in [4.78, 5) is 38.2. The molecule has 0 saturated carbocycles. The van der Waals surface area contributed by atoms with Gasteiger partial charge in [-0.3, -0.25) is 0 Å². The van der Waals surface area contributed by atoms with Crippen molar-refractivity contribution in [2.24, 2.45) is 0 Å². The van der Waals surface area contributed by atoms with Gasteiger partial charge in [0.05, 0.1) is 0 Å². The van der Waals surface area contributed by atoms with Crippen LogP contribution in [-0.4, -0.2) is 68.2 Å². The minimum absolute atomic E-state index is 0. The molecule has 0 aliphatic heterocycles. The molecule has 0 bridgehead atoms. The molecule has 0 aromatic heterocycles. The quantitative estimate of drug-likeness (QED) is 0.115. The summed E-state index contributed by atoms with van der Waals surface area (Å²) in [6.07, 6.45) is 19.2. The SMILES string of the molecule is CCCCCCCC.CCCCCCCC.O=C(O)/C=C\C(=O)O.O=C(O)/C=C\C(=O)O.[Sn]. The molecule has 33 heavy (non-hydrogen) atoms. The zero-order chi connectivity index (χ0) is 25.6. The second kappa shape index (κ2) is 37.5. The molecule has 0 heterocycles. The van der Waals surface area contributed by atoms with E-state index < -0.39 is 23.9 Å². The smallest absolute Gasteiger partial charge is 0.328 e. The Morgan fingerprint density at radius 2 is 0.576 bits per heavy atom. The van der Waals surface area contributed by atoms with E-state index in [2.05, 4.69) is 27.7 Å². The van der Waals surface area contributed by atoms with E-state index in [4.69, 9.17) is 20.4 Å². The van der Waals surface area contributed by atoms with E-state index in [9.17, 15) is 19.2 Å². The average Bonchev–Trinajstić information content (AvgIpc) is 2.73. The second-order valence-electron chi connectivity index (χ2n) is 6.85. The monoisotopic (exact) mass is 580 g/mol. The number of carboxylic acid groups (broad SMARTS) is 4. The number of hydrogen-bond donors (Lipinski definition) is 4. The summed E-state index contributed by atoms with van der Waals surface area (Å²) in [5, 5.41) is 31.2. The third-order valence-corrected chi connectivity index (χ3v) is 3.65. The summed E-state index contributed by atoms with van der Waals surface area (Å²) in [5.41, 5.74) is 0. The van der Waals surface area contributed by atoms with Crippen LogP contribution in [0.2, 0.25) is 0 Å². The van der Waals surface area contributed by atoms with Gasteiger partial charge in [0.25, 0.3) is 0 Å². The maximum Gasteiger partial charge on any atom is 0.328 e. The first-order chi connectivity index (χ1) is 15.1. The van der Waals surface area contributed by atoms with E-state index >= 15 is 0 Å². The first kappa shape index (κ1) is 41.4. The maximum absolute atomic E-state index is 9.55. The topological polar surface area (TPSA) is 149 Å². The first-order valence-electron chi connectivity index (χ1n) is 11.4. The van der Waals surface area contributed by atoms with Crippen molar-refractivity contribution in [1.29, 1.82) is 0 Å². The van der Waals surface area contributed by atoms with Crippen molar-refractivity contribution < 1.29 is 39.6 Å². The van der Waals surface area contributed by atoms with Crippen LogP contribution in [0.15, 0.2) is 24.3 Å². The van der Waals surface area contributed by atoms with Gasteiger partial charge < -0.3 is 20.4 Å². The van der Waals surface area contributed by atoms with Crippen LogP contribution in [0.3, 0.4) is 0 Å². The Morgan fingerprint density at radius 1 is 0.424 bits per heavy atom. The van der Waals surface area contributed by atoms with Crippen molar-refractivity contribution in [3.8, 4) is 0 Å². The molecule has 0 aromatic rings. The van der Waals surface area contributed by atoms with Gasteiger partial charge in [0, 0.05) is 48.2 Å². The van der Waals surface area contributed by atoms with Crippen LogP contribution in [-0.2, 0) is 19.2 Å². The summed E-state index contributed by atoms with van der Waals surface area (Å²) in [5.74, 6) is -5.03. The molecule has 192 valence electrons. The van der Waals surface area contributed by atoms with Crippen LogP contribution in [0.1, 0.15) is 105 Å². The predicted octanol–water partition coefficient (Wildman–Crippen LogP) is 5.78. The van der Waals surface area contributed by atoms with Gasteiger partial charge in [-0.2, -0.15) is 0 Å². The van der Waals surface area contributed by atoms with Crippen LogP contribution in [0.5, 0.6) is 0 Å². The Kier molecular flexibility index (Phi) is 47.0. The largest absolute Gasteiger partial charge is 0.478 e. The van der Waals surface area contributed by atoms with Crippen LogP contribution < -0.4 is 0 Å². The fourth-order valence-electron chi connectivity index (χ4n) is 1.99. The van der Waals surface area contributed by atoms with Crippen molar-refractivity contribution in [1.82, 2.24) is 0 Å². The molecule has 0 aromatic carbocycles. The summed E-state index contributed by atoms with van der Waals surface area (Å²) >= 11 is 0. The maximum atomic E-state index is 9.55. The van der Waals surface area contributed by atoms with E-state index in [-0.39, 0.29) is 23.9 Å². The fraction of sp³-hybridized carbons (Fsp3) is 0.667. The summed E-state index contributed by atoms with van der Waals surface area (Å²) in [6, 6.07) is 0. The molecule has 0 aliphatic rings. The number of unbranched alkanes of at least 4 members (excludes halogenated alkanes) is 10. The third kappa shape index (κ3) is 72.5. The molecular formula is C24H44O8Sn. The predicted molar refractivity (Wildman–Crippen MR) is 133 cm³/mol. The molecule has 4 radical (unpaired) electrons. The van der Waals surface area contributed by atoms with Gasteiger partial charge in [-0.15, -0.1) is 0 Å². The van der Waals surface area contributed by atoms with E-state index in [1.54, 1.807) is 0 Å². The van der Waals surface area contributed by atoms with Gasteiger partial charge in [0.2, 0.25) is 0 Å². The minimum Gasteiger partial charge on any atom is -0.478 e. The molecule has 8 nitrogen and oxygen atoms in total. The molecule has 4 N–H and O–H groups in total. The van der Waals surface area contributed by atoms with Crippen LogP contribution in [0.25, 0.3) is 0 Å². The third-order valence-electron chi connectivity index (χ3n) is 3.65. The molecule has 0 aliphatic carbocycles. The van der Waals surface area contributed by atoms with Gasteiger partial charge >= 0.3 is 23.9 Å². The second-order valence-corrected chi connectivity index (χ2v) is 6.85. The van der Waals surface area contributed by atoms with Gasteiger partial charge in [0.1, 0.15) is 0 Å². The Balaban J connectivity index is -0.000000105. The van der Waals surface area contributed by atoms with E-state index in [1.807, 2.05) is 0 Å². The van der Waals surface area contributed by atoms with E-state index in [0.717, 1.165) is 0 Å². The summed E-state index contributed by atoms with van der Waals surface area (Å²) < 4.78 is 0. The van der Waals surface area contributed by atoms with Crippen LogP contribution >= 0.6 is 0 Å². The number of aliphatic carboxylic acids is 4. The number of rotatable bonds is 14. The molecule has 0 rings (SSSR count). The van der Waals surface area contributed by atoms with Crippen molar-refractivity contribution in [2.75, 3.05) is 0 Å². The van der Waals surface area contributed by atoms with Gasteiger partial charge in [0.15, 0.2) is 0 Å². The Morgan fingerprint density at radius 3 is 0.667 bits per heavy atom. The molecule has 0 amide bonds. The van der Waals surface area contributed by atoms with Crippen molar-refractivity contribution in [2.45, 2.75) is 105 Å². The Bertz CT molecular complexity index is 427. The number of carbonyl (C=O) groups is 4. The van der Waals surface area contributed by atoms with E-state index in [1.165, 1.54) is 77.0 Å². The average molecular weight is 579 g/mol. The first-order valence-corrected chi connectivity index (χ1v) is 11.4. The molecule has 0 atom stereocenters. The molecule has 9 heteroatoms. The molecule has 0 fully saturated rings. The summed E-state index contributed by atoms with van der Waals surface area (Å²) in [6.45, 7) is 9.02. The standard InChI is InChI=1S/2C8H18.2C4H4O4.Sn/c2*1-3-5-7-8-6-4-2;2*5-3(6)1-2-4(7)8;/h2*3-8H2,1-2H3;2*1-2H,(H,5,6)(H,7,8);/b;;2*2-1-;. The van der Waals surface area contributed by atoms with Crippen molar-refractivity contribution in [3.63, 3.8) is 0 Å². The van der Waals surface area contributed by atoms with E-state index in [0.29, 0.717) is 24.3 Å².